The lowest BCUT2D eigenvalue weighted by atomic mass is 9.99. The summed E-state index contributed by atoms with van der Waals surface area (Å²) >= 11 is 6.07. The zero-order valence-electron chi connectivity index (χ0n) is 11.1. The summed E-state index contributed by atoms with van der Waals surface area (Å²) in [6.45, 7) is 5.36. The van der Waals surface area contributed by atoms with Gasteiger partial charge in [0.2, 0.25) is 0 Å². The zero-order chi connectivity index (χ0) is 13.2. The number of hydrogen-bond donors (Lipinski definition) is 1. The second-order valence-corrected chi connectivity index (χ2v) is 5.93. The van der Waals surface area contributed by atoms with Crippen LogP contribution in [0.5, 0.6) is 0 Å². The number of benzene rings is 1. The fraction of sp³-hybridized carbons (Fsp3) is 0.600. The van der Waals surface area contributed by atoms with E-state index in [1.807, 2.05) is 0 Å². The molecule has 1 fully saturated rings. The molecule has 2 rings (SSSR count). The predicted molar refractivity (Wildman–Crippen MR) is 74.4 cm³/mol. The summed E-state index contributed by atoms with van der Waals surface area (Å²) in [5.41, 5.74) is 1.50. The number of halogens is 2. The van der Waals surface area contributed by atoms with E-state index in [-0.39, 0.29) is 11.9 Å². The number of nitrogens with one attached hydrogen (secondary N) is 1. The lowest BCUT2D eigenvalue weighted by Crippen LogP contribution is -2.27. The van der Waals surface area contributed by atoms with Crippen LogP contribution in [0.4, 0.5) is 4.39 Å². The van der Waals surface area contributed by atoms with Gasteiger partial charge in [0.25, 0.3) is 0 Å². The van der Waals surface area contributed by atoms with Gasteiger partial charge in [0, 0.05) is 17.6 Å². The van der Waals surface area contributed by atoms with Crippen LogP contribution in [0.15, 0.2) is 18.2 Å². The van der Waals surface area contributed by atoms with Gasteiger partial charge in [0.1, 0.15) is 5.82 Å². The minimum Gasteiger partial charge on any atom is -0.310 e. The van der Waals surface area contributed by atoms with Crippen LogP contribution in [-0.4, -0.2) is 6.54 Å². The van der Waals surface area contributed by atoms with Crippen LogP contribution in [-0.2, 0) is 0 Å². The Morgan fingerprint density at radius 1 is 1.44 bits per heavy atom. The highest BCUT2D eigenvalue weighted by molar-refractivity contribution is 6.31. The predicted octanol–water partition coefficient (Wildman–Crippen LogP) is 4.71. The van der Waals surface area contributed by atoms with Gasteiger partial charge < -0.3 is 5.32 Å². The fourth-order valence-corrected chi connectivity index (χ4v) is 2.89. The van der Waals surface area contributed by atoms with Crippen molar-refractivity contribution in [3.63, 3.8) is 0 Å². The van der Waals surface area contributed by atoms with Crippen LogP contribution in [0.25, 0.3) is 0 Å². The highest BCUT2D eigenvalue weighted by Gasteiger charge is 2.41. The average Bonchev–Trinajstić information content (AvgIpc) is 3.07. The Morgan fingerprint density at radius 2 is 2.17 bits per heavy atom. The lowest BCUT2D eigenvalue weighted by Gasteiger charge is -2.20. The molecule has 1 nitrogen and oxygen atoms in total. The molecule has 0 spiro atoms. The molecule has 1 N–H and O–H groups in total. The standard InChI is InChI=1S/C15H21ClFN/c1-3-6-15(7-8-15)10-18-11(2)13-5-4-12(17)9-14(13)16/h4-5,9,11,18H,3,6-8,10H2,1-2H3. The van der Waals surface area contributed by atoms with Gasteiger partial charge in [0.15, 0.2) is 0 Å². The van der Waals surface area contributed by atoms with Crippen molar-refractivity contribution in [2.75, 3.05) is 6.54 Å². The van der Waals surface area contributed by atoms with Gasteiger partial charge in [-0.2, -0.15) is 0 Å². The summed E-state index contributed by atoms with van der Waals surface area (Å²) in [6.07, 6.45) is 5.20. The fourth-order valence-electron chi connectivity index (χ4n) is 2.55. The van der Waals surface area contributed by atoms with Crippen LogP contribution in [0.1, 0.15) is 51.1 Å². The van der Waals surface area contributed by atoms with Crippen molar-refractivity contribution in [1.82, 2.24) is 5.32 Å². The van der Waals surface area contributed by atoms with E-state index in [1.54, 1.807) is 6.07 Å². The van der Waals surface area contributed by atoms with Crippen LogP contribution < -0.4 is 5.32 Å². The molecule has 0 saturated heterocycles. The van der Waals surface area contributed by atoms with Gasteiger partial charge in [0.05, 0.1) is 0 Å². The van der Waals surface area contributed by atoms with Gasteiger partial charge >= 0.3 is 0 Å². The summed E-state index contributed by atoms with van der Waals surface area (Å²) in [5.74, 6) is -0.277. The van der Waals surface area contributed by atoms with Crippen LogP contribution >= 0.6 is 11.6 Å². The van der Waals surface area contributed by atoms with Crippen molar-refractivity contribution >= 4 is 11.6 Å². The normalized spacial score (nSPS) is 18.7. The van der Waals surface area contributed by atoms with Crippen LogP contribution in [0.3, 0.4) is 0 Å². The molecule has 0 heterocycles. The molecular formula is C15H21ClFN. The first-order valence-corrected chi connectivity index (χ1v) is 7.12. The maximum Gasteiger partial charge on any atom is 0.124 e. The van der Waals surface area contributed by atoms with Gasteiger partial charge in [-0.1, -0.05) is 31.0 Å². The van der Waals surface area contributed by atoms with E-state index in [1.165, 1.54) is 37.8 Å². The molecule has 1 aromatic carbocycles. The van der Waals surface area contributed by atoms with E-state index >= 15 is 0 Å². The summed E-state index contributed by atoms with van der Waals surface area (Å²) in [6, 6.07) is 4.80. The van der Waals surface area contributed by atoms with Crippen molar-refractivity contribution in [2.45, 2.75) is 45.6 Å². The molecule has 0 aromatic heterocycles. The zero-order valence-corrected chi connectivity index (χ0v) is 11.9. The second-order valence-electron chi connectivity index (χ2n) is 5.52. The quantitative estimate of drug-likeness (QED) is 0.789. The minimum atomic E-state index is -0.277. The van der Waals surface area contributed by atoms with Gasteiger partial charge in [-0.25, -0.2) is 4.39 Å². The Labute approximate surface area is 114 Å². The van der Waals surface area contributed by atoms with Crippen LogP contribution in [0, 0.1) is 11.2 Å². The molecule has 0 radical (unpaired) electrons. The largest absolute Gasteiger partial charge is 0.310 e. The Balaban J connectivity index is 1.93. The SMILES string of the molecule is CCCC1(CNC(C)c2ccc(F)cc2Cl)CC1. The summed E-state index contributed by atoms with van der Waals surface area (Å²) in [4.78, 5) is 0. The molecular weight excluding hydrogens is 249 g/mol. The molecule has 1 aromatic rings. The molecule has 0 amide bonds. The summed E-state index contributed by atoms with van der Waals surface area (Å²) < 4.78 is 13.0. The first-order chi connectivity index (χ1) is 8.56. The molecule has 3 heteroatoms. The summed E-state index contributed by atoms with van der Waals surface area (Å²) in [5, 5.41) is 4.05. The van der Waals surface area contributed by atoms with E-state index in [4.69, 9.17) is 11.6 Å². The van der Waals surface area contributed by atoms with Crippen LogP contribution in [0.2, 0.25) is 5.02 Å². The highest BCUT2D eigenvalue weighted by atomic mass is 35.5. The maximum absolute atomic E-state index is 13.0. The number of rotatable bonds is 6. The maximum atomic E-state index is 13.0. The van der Waals surface area contributed by atoms with Crippen molar-refractivity contribution < 1.29 is 4.39 Å². The lowest BCUT2D eigenvalue weighted by molar-refractivity contribution is 0.397. The topological polar surface area (TPSA) is 12.0 Å². The van der Waals surface area contributed by atoms with Gasteiger partial charge in [-0.15, -0.1) is 0 Å². The smallest absolute Gasteiger partial charge is 0.124 e. The molecule has 1 unspecified atom stereocenters. The van der Waals surface area contributed by atoms with Gasteiger partial charge in [-0.05, 0) is 49.3 Å². The van der Waals surface area contributed by atoms with Crippen molar-refractivity contribution in [1.29, 1.82) is 0 Å². The Bertz CT molecular complexity index is 415. The van der Waals surface area contributed by atoms with E-state index in [0.29, 0.717) is 10.4 Å². The van der Waals surface area contributed by atoms with Crippen molar-refractivity contribution in [3.8, 4) is 0 Å². The molecule has 1 aliphatic carbocycles. The molecule has 0 aliphatic heterocycles. The second kappa shape index (κ2) is 5.58. The third-order valence-corrected chi connectivity index (χ3v) is 4.28. The van der Waals surface area contributed by atoms with Crippen molar-refractivity contribution in [3.05, 3.63) is 34.6 Å². The first kappa shape index (κ1) is 13.8. The average molecular weight is 270 g/mol. The monoisotopic (exact) mass is 269 g/mol. The highest BCUT2D eigenvalue weighted by Crippen LogP contribution is 2.49. The Hall–Kier alpha value is -0.600. The Kier molecular flexibility index (Phi) is 4.29. The van der Waals surface area contributed by atoms with E-state index in [0.717, 1.165) is 12.1 Å². The summed E-state index contributed by atoms with van der Waals surface area (Å²) in [7, 11) is 0. The molecule has 0 bridgehead atoms. The first-order valence-electron chi connectivity index (χ1n) is 6.75. The number of hydrogen-bond acceptors (Lipinski definition) is 1. The molecule has 1 saturated carbocycles. The molecule has 1 atom stereocenters. The van der Waals surface area contributed by atoms with Crippen molar-refractivity contribution in [2.24, 2.45) is 5.41 Å². The van der Waals surface area contributed by atoms with E-state index in [9.17, 15) is 4.39 Å². The molecule has 100 valence electrons. The van der Waals surface area contributed by atoms with E-state index in [2.05, 4.69) is 19.2 Å². The third kappa shape index (κ3) is 3.24. The Morgan fingerprint density at radius 3 is 2.72 bits per heavy atom. The van der Waals surface area contributed by atoms with E-state index < -0.39 is 0 Å². The third-order valence-electron chi connectivity index (χ3n) is 3.95. The van der Waals surface area contributed by atoms with Gasteiger partial charge in [-0.3, -0.25) is 0 Å². The molecule has 1 aliphatic rings. The molecule has 18 heavy (non-hydrogen) atoms. The minimum absolute atomic E-state index is 0.174.